The van der Waals surface area contributed by atoms with Crippen molar-refractivity contribution < 1.29 is 4.79 Å². The zero-order valence-electron chi connectivity index (χ0n) is 16.9. The molecule has 31 heavy (non-hydrogen) atoms. The van der Waals surface area contributed by atoms with Crippen molar-refractivity contribution in [2.75, 3.05) is 18.0 Å². The van der Waals surface area contributed by atoms with Crippen LogP contribution in [0.25, 0.3) is 26.1 Å². The van der Waals surface area contributed by atoms with Crippen LogP contribution < -0.4 is 21.4 Å². The third-order valence-corrected chi connectivity index (χ3v) is 7.32. The monoisotopic (exact) mass is 434 g/mol. The number of pyridine rings is 1. The summed E-state index contributed by atoms with van der Waals surface area (Å²) < 4.78 is 2.90. The second-order valence-corrected chi connectivity index (χ2v) is 9.46. The highest BCUT2D eigenvalue weighted by molar-refractivity contribution is 7.24. The fourth-order valence-electron chi connectivity index (χ4n) is 4.27. The summed E-state index contributed by atoms with van der Waals surface area (Å²) in [4.78, 5) is 29.4. The number of thiazole rings is 1. The molecular weight excluding hydrogens is 412 g/mol. The second kappa shape index (κ2) is 7.00. The number of piperidine rings is 1. The summed E-state index contributed by atoms with van der Waals surface area (Å²) in [5, 5.41) is 12.3. The average Bonchev–Trinajstić information content (AvgIpc) is 3.51. The molecule has 1 aliphatic heterocycles. The van der Waals surface area contributed by atoms with E-state index in [1.165, 1.54) is 11.3 Å². The Labute approximate surface area is 181 Å². The Morgan fingerprint density at radius 2 is 1.90 bits per heavy atom. The van der Waals surface area contributed by atoms with Gasteiger partial charge in [-0.2, -0.15) is 0 Å². The smallest absolute Gasteiger partial charge is 0.258 e. The first kappa shape index (κ1) is 18.7. The summed E-state index contributed by atoms with van der Waals surface area (Å²) in [6, 6.07) is 10.0. The van der Waals surface area contributed by atoms with E-state index in [2.05, 4.69) is 20.4 Å². The van der Waals surface area contributed by atoms with Crippen LogP contribution in [0.3, 0.4) is 0 Å². The third kappa shape index (κ3) is 3.07. The van der Waals surface area contributed by atoms with E-state index in [0.29, 0.717) is 21.7 Å². The highest BCUT2D eigenvalue weighted by atomic mass is 32.1. The molecule has 2 fully saturated rings. The molecule has 1 aromatic carbocycles. The van der Waals surface area contributed by atoms with E-state index in [-0.39, 0.29) is 29.0 Å². The molecule has 4 aromatic rings. The number of aromatic nitrogens is 3. The van der Waals surface area contributed by atoms with Crippen molar-refractivity contribution in [1.29, 1.82) is 0 Å². The van der Waals surface area contributed by atoms with Crippen LogP contribution in [0.4, 0.5) is 5.82 Å². The number of benzene rings is 1. The van der Waals surface area contributed by atoms with Crippen LogP contribution in [0.5, 0.6) is 0 Å². The van der Waals surface area contributed by atoms with E-state index < -0.39 is 0 Å². The van der Waals surface area contributed by atoms with Crippen LogP contribution in [0.2, 0.25) is 0 Å². The molecule has 0 radical (unpaired) electrons. The Balaban J connectivity index is 1.61. The summed E-state index contributed by atoms with van der Waals surface area (Å²) in [5.41, 5.74) is 7.34. The van der Waals surface area contributed by atoms with Crippen molar-refractivity contribution in [3.05, 3.63) is 46.1 Å². The van der Waals surface area contributed by atoms with Crippen LogP contribution in [-0.2, 0) is 0 Å². The van der Waals surface area contributed by atoms with Crippen LogP contribution in [0, 0.1) is 0 Å². The number of hydrogen-bond donors (Lipinski definition) is 2. The SMILES string of the molecule is NC1CCN(c2cc3c(=O)c(C(=O)NC4CC4)c4sc5ccccc5n4c3nn2)CC1. The lowest BCUT2D eigenvalue weighted by Gasteiger charge is -2.30. The topological polar surface area (TPSA) is 106 Å². The largest absolute Gasteiger partial charge is 0.355 e. The number of carbonyl (C=O) groups is 1. The molecule has 2 aliphatic rings. The maximum absolute atomic E-state index is 13.6. The van der Waals surface area contributed by atoms with E-state index in [0.717, 1.165) is 49.0 Å². The molecule has 4 heterocycles. The summed E-state index contributed by atoms with van der Waals surface area (Å²) in [6.07, 6.45) is 3.68. The number of nitrogens with two attached hydrogens (primary N) is 1. The number of amides is 1. The lowest BCUT2D eigenvalue weighted by Crippen LogP contribution is -2.40. The number of nitrogens with one attached hydrogen (secondary N) is 1. The molecule has 158 valence electrons. The van der Waals surface area contributed by atoms with Gasteiger partial charge in [0.05, 0.1) is 15.6 Å². The minimum atomic E-state index is -0.305. The van der Waals surface area contributed by atoms with Gasteiger partial charge in [-0.1, -0.05) is 12.1 Å². The highest BCUT2D eigenvalue weighted by Gasteiger charge is 2.29. The number of anilines is 1. The zero-order valence-corrected chi connectivity index (χ0v) is 17.7. The molecular formula is C22H22N6O2S. The summed E-state index contributed by atoms with van der Waals surface area (Å²) in [5.74, 6) is 0.352. The minimum Gasteiger partial charge on any atom is -0.355 e. The molecule has 1 aliphatic carbocycles. The van der Waals surface area contributed by atoms with Crippen LogP contribution in [0.15, 0.2) is 35.1 Å². The van der Waals surface area contributed by atoms with Gasteiger partial charge in [-0.15, -0.1) is 21.5 Å². The van der Waals surface area contributed by atoms with Gasteiger partial charge in [0.15, 0.2) is 11.5 Å². The Hall–Kier alpha value is -3.04. The Morgan fingerprint density at radius 3 is 2.68 bits per heavy atom. The minimum absolute atomic E-state index is 0.167. The quantitative estimate of drug-likeness (QED) is 0.513. The van der Waals surface area contributed by atoms with E-state index in [4.69, 9.17) is 5.73 Å². The predicted octanol–water partition coefficient (Wildman–Crippen LogP) is 2.28. The van der Waals surface area contributed by atoms with Crippen molar-refractivity contribution in [1.82, 2.24) is 19.9 Å². The van der Waals surface area contributed by atoms with Gasteiger partial charge in [-0.05, 0) is 43.9 Å². The van der Waals surface area contributed by atoms with Gasteiger partial charge in [0.2, 0.25) is 5.43 Å². The van der Waals surface area contributed by atoms with Crippen molar-refractivity contribution in [3.63, 3.8) is 0 Å². The van der Waals surface area contributed by atoms with Gasteiger partial charge in [-0.3, -0.25) is 14.0 Å². The first-order valence-electron chi connectivity index (χ1n) is 10.7. The number of fused-ring (bicyclic) bond motifs is 5. The Kier molecular flexibility index (Phi) is 4.22. The normalized spacial score (nSPS) is 17.6. The van der Waals surface area contributed by atoms with Crippen LogP contribution in [-0.4, -0.2) is 45.7 Å². The lowest BCUT2D eigenvalue weighted by molar-refractivity contribution is 0.0951. The fraction of sp³-hybridized carbons (Fsp3) is 0.364. The number of nitrogens with zero attached hydrogens (tertiary/aromatic N) is 4. The predicted molar refractivity (Wildman–Crippen MR) is 122 cm³/mol. The van der Waals surface area contributed by atoms with Gasteiger partial charge in [-0.25, -0.2) is 0 Å². The molecule has 8 nitrogen and oxygen atoms in total. The molecule has 1 saturated heterocycles. The zero-order chi connectivity index (χ0) is 21.1. The van der Waals surface area contributed by atoms with E-state index >= 15 is 0 Å². The molecule has 1 saturated carbocycles. The number of para-hydroxylation sites is 1. The maximum atomic E-state index is 13.6. The maximum Gasteiger partial charge on any atom is 0.258 e. The van der Waals surface area contributed by atoms with Gasteiger partial charge < -0.3 is 16.0 Å². The van der Waals surface area contributed by atoms with Gasteiger partial charge in [0, 0.05) is 25.2 Å². The Bertz CT molecular complexity index is 1400. The molecule has 0 unspecified atom stereocenters. The van der Waals surface area contributed by atoms with E-state index in [1.807, 2.05) is 28.7 Å². The first-order valence-corrected chi connectivity index (χ1v) is 11.5. The third-order valence-electron chi connectivity index (χ3n) is 6.18. The molecule has 0 bridgehead atoms. The standard InChI is InChI=1S/C22H22N6O2S/c23-12-7-9-27(10-8-12)17-11-14-19(29)18(21(30)24-13-5-6-13)22-28(20(14)26-25-17)15-3-1-2-4-16(15)31-22/h1-4,11-13H,5-10,23H2,(H,24,30). The lowest BCUT2D eigenvalue weighted by atomic mass is 10.1. The summed E-state index contributed by atoms with van der Waals surface area (Å²) >= 11 is 1.44. The molecule has 1 amide bonds. The number of carbonyl (C=O) groups excluding carboxylic acids is 1. The van der Waals surface area contributed by atoms with E-state index in [1.54, 1.807) is 6.07 Å². The fourth-order valence-corrected chi connectivity index (χ4v) is 5.45. The van der Waals surface area contributed by atoms with Gasteiger partial charge in [0.25, 0.3) is 5.91 Å². The van der Waals surface area contributed by atoms with Crippen molar-refractivity contribution in [3.8, 4) is 0 Å². The molecule has 3 N–H and O–H groups in total. The molecule has 6 rings (SSSR count). The molecule has 9 heteroatoms. The average molecular weight is 435 g/mol. The summed E-state index contributed by atoms with van der Waals surface area (Å²) in [6.45, 7) is 1.56. The Morgan fingerprint density at radius 1 is 1.13 bits per heavy atom. The van der Waals surface area contributed by atoms with Crippen molar-refractivity contribution in [2.24, 2.45) is 5.73 Å². The van der Waals surface area contributed by atoms with Gasteiger partial charge >= 0.3 is 0 Å². The van der Waals surface area contributed by atoms with Crippen LogP contribution in [0.1, 0.15) is 36.0 Å². The second-order valence-electron chi connectivity index (χ2n) is 8.43. The number of hydrogen-bond acceptors (Lipinski definition) is 7. The van der Waals surface area contributed by atoms with Gasteiger partial charge in [0.1, 0.15) is 10.4 Å². The van der Waals surface area contributed by atoms with Crippen molar-refractivity contribution in [2.45, 2.75) is 37.8 Å². The first-order chi connectivity index (χ1) is 15.1. The van der Waals surface area contributed by atoms with Crippen LogP contribution >= 0.6 is 11.3 Å². The number of rotatable bonds is 3. The van der Waals surface area contributed by atoms with E-state index in [9.17, 15) is 9.59 Å². The summed E-state index contributed by atoms with van der Waals surface area (Å²) in [7, 11) is 0. The molecule has 0 spiro atoms. The van der Waals surface area contributed by atoms with Crippen molar-refractivity contribution >= 4 is 49.1 Å². The molecule has 0 atom stereocenters. The highest BCUT2D eigenvalue weighted by Crippen LogP contribution is 2.31. The molecule has 3 aromatic heterocycles.